The summed E-state index contributed by atoms with van der Waals surface area (Å²) in [5.41, 5.74) is 0.876. The fourth-order valence-corrected chi connectivity index (χ4v) is 4.67. The number of nitrogens with zero attached hydrogens (tertiary/aromatic N) is 3. The van der Waals surface area contributed by atoms with Gasteiger partial charge in [0.1, 0.15) is 0 Å². The van der Waals surface area contributed by atoms with Crippen LogP contribution in [0.15, 0.2) is 24.3 Å². The quantitative estimate of drug-likeness (QED) is 0.333. The van der Waals surface area contributed by atoms with E-state index in [2.05, 4.69) is 0 Å². The van der Waals surface area contributed by atoms with Gasteiger partial charge in [-0.25, -0.2) is 9.34 Å². The molecule has 0 saturated carbocycles. The Hall–Kier alpha value is -1.27. The van der Waals surface area contributed by atoms with Crippen molar-refractivity contribution in [1.82, 2.24) is 9.34 Å². The van der Waals surface area contributed by atoms with Crippen LogP contribution in [0.4, 0.5) is 5.69 Å². The third-order valence-corrected chi connectivity index (χ3v) is 6.43. The maximum atomic E-state index is 13.0. The monoisotopic (exact) mass is 311 g/mol. The van der Waals surface area contributed by atoms with Crippen LogP contribution in [0.2, 0.25) is 0 Å². The highest BCUT2D eigenvalue weighted by Crippen LogP contribution is 2.63. The van der Waals surface area contributed by atoms with Crippen LogP contribution in [0, 0.1) is 10.1 Å². The molecule has 1 aromatic carbocycles. The molecule has 7 nitrogen and oxygen atoms in total. The van der Waals surface area contributed by atoms with E-state index in [0.717, 1.165) is 31.7 Å². The summed E-state index contributed by atoms with van der Waals surface area (Å²) < 4.78 is 22.7. The zero-order chi connectivity index (χ0) is 15.0. The Morgan fingerprint density at radius 3 is 2.14 bits per heavy atom. The average molecular weight is 311 g/mol. The summed E-state index contributed by atoms with van der Waals surface area (Å²) in [4.78, 5) is 10.3. The number of benzene rings is 1. The molecule has 8 heteroatoms. The molecule has 0 spiro atoms. The van der Waals surface area contributed by atoms with Gasteiger partial charge in [-0.15, -0.1) is 0 Å². The van der Waals surface area contributed by atoms with Crippen molar-refractivity contribution in [2.75, 3.05) is 26.2 Å². The molecule has 1 aromatic rings. The lowest BCUT2D eigenvalue weighted by Crippen LogP contribution is -2.12. The second kappa shape index (κ2) is 5.50. The second-order valence-corrected chi connectivity index (χ2v) is 7.57. The minimum absolute atomic E-state index is 0.0497. The van der Waals surface area contributed by atoms with Gasteiger partial charge in [0.25, 0.3) is 5.69 Å². The number of nitro benzene ring substituents is 1. The lowest BCUT2D eigenvalue weighted by atomic mass is 10.1. The summed E-state index contributed by atoms with van der Waals surface area (Å²) in [6.07, 6.45) is 0.363. The van der Waals surface area contributed by atoms with Gasteiger partial charge in [-0.05, 0) is 24.1 Å². The van der Waals surface area contributed by atoms with Gasteiger partial charge in [0, 0.05) is 38.3 Å². The normalized spacial score (nSPS) is 20.2. The van der Waals surface area contributed by atoms with Crippen molar-refractivity contribution in [3.8, 4) is 0 Å². The number of hydrogen-bond acceptors (Lipinski definition) is 4. The van der Waals surface area contributed by atoms with Crippen LogP contribution in [0.3, 0.4) is 0 Å². The zero-order valence-corrected chi connectivity index (χ0v) is 12.7. The molecule has 1 atom stereocenters. The molecular weight excluding hydrogens is 293 g/mol. The molecule has 114 valence electrons. The van der Waals surface area contributed by atoms with Crippen LogP contribution in [0.25, 0.3) is 0 Å². The van der Waals surface area contributed by atoms with Crippen LogP contribution in [0.5, 0.6) is 0 Å². The van der Waals surface area contributed by atoms with Gasteiger partial charge in [0.2, 0.25) is 0 Å². The van der Waals surface area contributed by atoms with Crippen LogP contribution >= 0.6 is 7.67 Å². The van der Waals surface area contributed by atoms with Crippen LogP contribution < -0.4 is 0 Å². The highest BCUT2D eigenvalue weighted by atomic mass is 31.2. The largest absolute Gasteiger partial charge is 0.346 e. The Bertz CT molecular complexity index is 568. The van der Waals surface area contributed by atoms with E-state index < -0.39 is 12.6 Å². The molecule has 0 N–H and O–H groups in total. The summed E-state index contributed by atoms with van der Waals surface area (Å²) in [6.45, 7) is 5.20. The maximum absolute atomic E-state index is 13.0. The Balaban J connectivity index is 1.78. The lowest BCUT2D eigenvalue weighted by Gasteiger charge is -2.25. The van der Waals surface area contributed by atoms with Gasteiger partial charge in [0.15, 0.2) is 0 Å². The van der Waals surface area contributed by atoms with Crippen molar-refractivity contribution in [3.63, 3.8) is 0 Å². The highest BCUT2D eigenvalue weighted by molar-refractivity contribution is 7.54. The van der Waals surface area contributed by atoms with Crippen molar-refractivity contribution in [1.29, 1.82) is 0 Å². The molecule has 2 fully saturated rings. The van der Waals surface area contributed by atoms with E-state index in [0.29, 0.717) is 6.42 Å². The molecule has 2 heterocycles. The fourth-order valence-electron chi connectivity index (χ4n) is 2.25. The first kappa shape index (κ1) is 14.7. The Morgan fingerprint density at radius 2 is 1.76 bits per heavy atom. The molecule has 0 aliphatic carbocycles. The van der Waals surface area contributed by atoms with E-state index in [9.17, 15) is 14.7 Å². The standard InChI is InChI=1S/C13H18N3O4P/c1-2-13(11-3-5-12(6-4-11)16(17)18)20-21(19,14-7-8-14)15-9-10-15/h3-6,13H,2,7-10H2,1H3. The van der Waals surface area contributed by atoms with Gasteiger partial charge < -0.3 is 0 Å². The predicted molar refractivity (Wildman–Crippen MR) is 78.0 cm³/mol. The van der Waals surface area contributed by atoms with E-state index >= 15 is 0 Å². The maximum Gasteiger partial charge on any atom is 0.346 e. The summed E-state index contributed by atoms with van der Waals surface area (Å²) >= 11 is 0. The van der Waals surface area contributed by atoms with Crippen molar-refractivity contribution >= 4 is 13.4 Å². The molecule has 0 amide bonds. The van der Waals surface area contributed by atoms with Gasteiger partial charge in [-0.3, -0.25) is 19.2 Å². The highest BCUT2D eigenvalue weighted by Gasteiger charge is 2.50. The van der Waals surface area contributed by atoms with Crippen LogP contribution in [-0.4, -0.2) is 40.4 Å². The van der Waals surface area contributed by atoms with E-state index in [4.69, 9.17) is 4.52 Å². The fraction of sp³-hybridized carbons (Fsp3) is 0.538. The summed E-state index contributed by atoms with van der Waals surface area (Å²) in [5.74, 6) is 0. The van der Waals surface area contributed by atoms with E-state index in [1.807, 2.05) is 16.3 Å². The number of nitro groups is 1. The molecule has 21 heavy (non-hydrogen) atoms. The van der Waals surface area contributed by atoms with Crippen molar-refractivity contribution in [2.24, 2.45) is 0 Å². The molecule has 3 rings (SSSR count). The molecule has 1 unspecified atom stereocenters. The van der Waals surface area contributed by atoms with Gasteiger partial charge in [-0.2, -0.15) is 0 Å². The summed E-state index contributed by atoms with van der Waals surface area (Å²) in [6, 6.07) is 6.28. The Morgan fingerprint density at radius 1 is 1.24 bits per heavy atom. The zero-order valence-electron chi connectivity index (χ0n) is 11.8. The summed E-state index contributed by atoms with van der Waals surface area (Å²) in [5, 5.41) is 10.7. The Labute approximate surface area is 123 Å². The first-order valence-corrected chi connectivity index (χ1v) is 8.61. The smallest absolute Gasteiger partial charge is 0.298 e. The van der Waals surface area contributed by atoms with Crippen LogP contribution in [-0.2, 0) is 9.09 Å². The van der Waals surface area contributed by atoms with E-state index in [1.54, 1.807) is 12.1 Å². The van der Waals surface area contributed by atoms with Crippen molar-refractivity contribution in [3.05, 3.63) is 39.9 Å². The van der Waals surface area contributed by atoms with Crippen molar-refractivity contribution < 1.29 is 14.0 Å². The first-order chi connectivity index (χ1) is 10.0. The third-order valence-electron chi connectivity index (χ3n) is 3.67. The molecule has 2 aliphatic rings. The van der Waals surface area contributed by atoms with Crippen LogP contribution in [0.1, 0.15) is 25.0 Å². The molecular formula is C13H18N3O4P. The van der Waals surface area contributed by atoms with Crippen molar-refractivity contribution in [2.45, 2.75) is 19.4 Å². The van der Waals surface area contributed by atoms with E-state index in [-0.39, 0.29) is 11.8 Å². The molecule has 0 radical (unpaired) electrons. The molecule has 2 saturated heterocycles. The van der Waals surface area contributed by atoms with Gasteiger partial charge >= 0.3 is 7.67 Å². The minimum atomic E-state index is -2.88. The Kier molecular flexibility index (Phi) is 3.84. The minimum Gasteiger partial charge on any atom is -0.298 e. The first-order valence-electron chi connectivity index (χ1n) is 7.08. The molecule has 0 bridgehead atoms. The van der Waals surface area contributed by atoms with Gasteiger partial charge in [-0.1, -0.05) is 6.92 Å². The molecule has 2 aliphatic heterocycles. The second-order valence-electron chi connectivity index (χ2n) is 5.25. The SMILES string of the molecule is CCC(OP(=O)(N1CC1)N1CC1)c1ccc([N+](=O)[O-])cc1. The topological polar surface area (TPSA) is 75.5 Å². The third kappa shape index (κ3) is 3.01. The predicted octanol–water partition coefficient (Wildman–Crippen LogP) is 2.80. The number of rotatable bonds is 7. The van der Waals surface area contributed by atoms with E-state index in [1.165, 1.54) is 12.1 Å². The number of hydrogen-bond donors (Lipinski definition) is 0. The lowest BCUT2D eigenvalue weighted by molar-refractivity contribution is -0.384. The summed E-state index contributed by atoms with van der Waals surface area (Å²) in [7, 11) is -2.88. The number of non-ortho nitro benzene ring substituents is 1. The van der Waals surface area contributed by atoms with Gasteiger partial charge in [0.05, 0.1) is 11.0 Å². The average Bonchev–Trinajstić information content (AvgIpc) is 3.35. The molecule has 0 aromatic heterocycles.